The van der Waals surface area contributed by atoms with Crippen LogP contribution in [-0.2, 0) is 0 Å². The van der Waals surface area contributed by atoms with Gasteiger partial charge in [-0.05, 0) is 55.2 Å². The molecule has 98 valence electrons. The lowest BCUT2D eigenvalue weighted by atomic mass is 10.2. The second-order valence-corrected chi connectivity index (χ2v) is 6.18. The zero-order valence-electron chi connectivity index (χ0n) is 10.7. The Morgan fingerprint density at radius 1 is 1.39 bits per heavy atom. The topological polar surface area (TPSA) is 41.0 Å². The van der Waals surface area contributed by atoms with Gasteiger partial charge in [-0.3, -0.25) is 0 Å². The molecular formula is C13H19BrN4. The molecule has 1 aromatic heterocycles. The van der Waals surface area contributed by atoms with Crippen molar-refractivity contribution >= 4 is 21.7 Å². The Bertz CT molecular complexity index is 433. The number of rotatable bonds is 4. The van der Waals surface area contributed by atoms with Crippen LogP contribution in [0.1, 0.15) is 37.4 Å². The molecule has 1 unspecified atom stereocenters. The van der Waals surface area contributed by atoms with Crippen molar-refractivity contribution in [1.29, 1.82) is 0 Å². The van der Waals surface area contributed by atoms with E-state index in [0.717, 1.165) is 22.8 Å². The number of nitrogens with one attached hydrogen (secondary N) is 1. The second-order valence-electron chi connectivity index (χ2n) is 5.37. The van der Waals surface area contributed by atoms with Crippen LogP contribution >= 0.6 is 15.9 Å². The predicted molar refractivity (Wildman–Crippen MR) is 75.8 cm³/mol. The van der Waals surface area contributed by atoms with E-state index in [1.54, 1.807) is 0 Å². The standard InChI is InChI=1S/C13H19BrN4/c1-18-6-2-3-10(18)8-15-12-7-11(14)16-13(17-12)9-4-5-9/h7,9-10H,2-6,8H2,1H3,(H,15,16,17). The Balaban J connectivity index is 1.64. The van der Waals surface area contributed by atoms with Gasteiger partial charge in [0.25, 0.3) is 0 Å². The predicted octanol–water partition coefficient (Wildman–Crippen LogP) is 2.62. The summed E-state index contributed by atoms with van der Waals surface area (Å²) >= 11 is 3.47. The summed E-state index contributed by atoms with van der Waals surface area (Å²) in [5.74, 6) is 2.54. The van der Waals surface area contributed by atoms with Gasteiger partial charge >= 0.3 is 0 Å². The molecule has 2 fully saturated rings. The number of aromatic nitrogens is 2. The first-order valence-electron chi connectivity index (χ1n) is 6.71. The van der Waals surface area contributed by atoms with E-state index in [-0.39, 0.29) is 0 Å². The smallest absolute Gasteiger partial charge is 0.135 e. The van der Waals surface area contributed by atoms with Crippen molar-refractivity contribution in [1.82, 2.24) is 14.9 Å². The number of anilines is 1. The number of halogens is 1. The molecule has 1 saturated carbocycles. The molecule has 2 aliphatic rings. The molecule has 1 saturated heterocycles. The normalized spacial score (nSPS) is 24.4. The molecule has 0 aromatic carbocycles. The summed E-state index contributed by atoms with van der Waals surface area (Å²) in [7, 11) is 2.20. The van der Waals surface area contributed by atoms with Crippen molar-refractivity contribution in [3.05, 3.63) is 16.5 Å². The Kier molecular flexibility index (Phi) is 3.52. The Morgan fingerprint density at radius 3 is 2.89 bits per heavy atom. The van der Waals surface area contributed by atoms with Crippen LogP contribution in [-0.4, -0.2) is 41.0 Å². The zero-order valence-corrected chi connectivity index (χ0v) is 12.3. The molecule has 1 atom stereocenters. The van der Waals surface area contributed by atoms with E-state index in [1.165, 1.54) is 32.2 Å². The third-order valence-electron chi connectivity index (χ3n) is 3.85. The van der Waals surface area contributed by atoms with E-state index in [2.05, 4.69) is 43.2 Å². The molecule has 1 N–H and O–H groups in total. The van der Waals surface area contributed by atoms with Gasteiger partial charge in [-0.1, -0.05) is 0 Å². The van der Waals surface area contributed by atoms with Gasteiger partial charge in [-0.15, -0.1) is 0 Å². The fourth-order valence-corrected chi connectivity index (χ4v) is 2.91. The molecule has 3 rings (SSSR count). The van der Waals surface area contributed by atoms with Crippen LogP contribution in [0.4, 0.5) is 5.82 Å². The fourth-order valence-electron chi connectivity index (χ4n) is 2.51. The molecule has 18 heavy (non-hydrogen) atoms. The molecule has 0 radical (unpaired) electrons. The minimum atomic E-state index is 0.595. The third-order valence-corrected chi connectivity index (χ3v) is 4.25. The van der Waals surface area contributed by atoms with Gasteiger partial charge in [0.1, 0.15) is 16.2 Å². The first-order valence-corrected chi connectivity index (χ1v) is 7.50. The molecule has 0 spiro atoms. The second kappa shape index (κ2) is 5.13. The highest BCUT2D eigenvalue weighted by Crippen LogP contribution is 2.38. The van der Waals surface area contributed by atoms with Crippen molar-refractivity contribution < 1.29 is 0 Å². The number of nitrogens with zero attached hydrogens (tertiary/aromatic N) is 3. The van der Waals surface area contributed by atoms with Gasteiger partial charge in [-0.25, -0.2) is 9.97 Å². The van der Waals surface area contributed by atoms with E-state index in [9.17, 15) is 0 Å². The van der Waals surface area contributed by atoms with Gasteiger partial charge in [0.05, 0.1) is 0 Å². The summed E-state index contributed by atoms with van der Waals surface area (Å²) in [6.07, 6.45) is 5.07. The summed E-state index contributed by atoms with van der Waals surface area (Å²) in [5.41, 5.74) is 0. The quantitative estimate of drug-likeness (QED) is 0.868. The minimum absolute atomic E-state index is 0.595. The van der Waals surface area contributed by atoms with E-state index in [4.69, 9.17) is 0 Å². The van der Waals surface area contributed by atoms with Gasteiger partial charge < -0.3 is 10.2 Å². The number of hydrogen-bond acceptors (Lipinski definition) is 4. The van der Waals surface area contributed by atoms with E-state index in [1.807, 2.05) is 6.07 Å². The lowest BCUT2D eigenvalue weighted by Crippen LogP contribution is -2.31. The van der Waals surface area contributed by atoms with Gasteiger partial charge in [0, 0.05) is 24.6 Å². The highest BCUT2D eigenvalue weighted by atomic mass is 79.9. The van der Waals surface area contributed by atoms with Crippen LogP contribution in [0.3, 0.4) is 0 Å². The summed E-state index contributed by atoms with van der Waals surface area (Å²) in [5, 5.41) is 3.46. The Labute approximate surface area is 116 Å². The Morgan fingerprint density at radius 2 is 2.22 bits per heavy atom. The molecular weight excluding hydrogens is 292 g/mol. The van der Waals surface area contributed by atoms with E-state index < -0.39 is 0 Å². The highest BCUT2D eigenvalue weighted by Gasteiger charge is 2.27. The monoisotopic (exact) mass is 310 g/mol. The molecule has 4 nitrogen and oxygen atoms in total. The zero-order chi connectivity index (χ0) is 12.5. The van der Waals surface area contributed by atoms with Gasteiger partial charge in [-0.2, -0.15) is 0 Å². The SMILES string of the molecule is CN1CCCC1CNc1cc(Br)nc(C2CC2)n1. The molecule has 1 aromatic rings. The molecule has 1 aliphatic carbocycles. The maximum Gasteiger partial charge on any atom is 0.135 e. The van der Waals surface area contributed by atoms with Crippen LogP contribution in [0.5, 0.6) is 0 Å². The van der Waals surface area contributed by atoms with Crippen molar-refractivity contribution in [2.75, 3.05) is 25.5 Å². The average molecular weight is 311 g/mol. The first-order chi connectivity index (χ1) is 8.72. The van der Waals surface area contributed by atoms with Crippen molar-refractivity contribution in [3.8, 4) is 0 Å². The molecule has 0 amide bonds. The lowest BCUT2D eigenvalue weighted by molar-refractivity contribution is 0.322. The number of likely N-dealkylation sites (tertiary alicyclic amines) is 1. The first kappa shape index (κ1) is 12.4. The largest absolute Gasteiger partial charge is 0.368 e. The van der Waals surface area contributed by atoms with Crippen molar-refractivity contribution in [2.24, 2.45) is 0 Å². The summed E-state index contributed by atoms with van der Waals surface area (Å²) < 4.78 is 0.890. The van der Waals surface area contributed by atoms with Gasteiger partial charge in [0.2, 0.25) is 0 Å². The molecule has 5 heteroatoms. The van der Waals surface area contributed by atoms with Crippen LogP contribution < -0.4 is 5.32 Å². The van der Waals surface area contributed by atoms with Crippen molar-refractivity contribution in [3.63, 3.8) is 0 Å². The maximum absolute atomic E-state index is 4.61. The lowest BCUT2D eigenvalue weighted by Gasteiger charge is -2.20. The van der Waals surface area contributed by atoms with Gasteiger partial charge in [0.15, 0.2) is 0 Å². The molecule has 1 aliphatic heterocycles. The third kappa shape index (κ3) is 2.83. The maximum atomic E-state index is 4.61. The Hall–Kier alpha value is -0.680. The summed E-state index contributed by atoms with van der Waals surface area (Å²) in [6, 6.07) is 2.61. The van der Waals surface area contributed by atoms with Crippen LogP contribution in [0, 0.1) is 0 Å². The number of likely N-dealkylation sites (N-methyl/N-ethyl adjacent to an activating group) is 1. The van der Waals surface area contributed by atoms with Crippen LogP contribution in [0.25, 0.3) is 0 Å². The summed E-state index contributed by atoms with van der Waals surface area (Å²) in [4.78, 5) is 11.5. The average Bonchev–Trinajstić information content (AvgIpc) is 3.11. The van der Waals surface area contributed by atoms with E-state index >= 15 is 0 Å². The number of hydrogen-bond donors (Lipinski definition) is 1. The molecule has 0 bridgehead atoms. The highest BCUT2D eigenvalue weighted by molar-refractivity contribution is 9.10. The molecule has 2 heterocycles. The summed E-state index contributed by atoms with van der Waals surface area (Å²) in [6.45, 7) is 2.19. The van der Waals surface area contributed by atoms with Crippen molar-refractivity contribution in [2.45, 2.75) is 37.6 Å². The van der Waals surface area contributed by atoms with E-state index in [0.29, 0.717) is 12.0 Å². The minimum Gasteiger partial charge on any atom is -0.368 e. The van der Waals surface area contributed by atoms with Crippen LogP contribution in [0.15, 0.2) is 10.7 Å². The van der Waals surface area contributed by atoms with Crippen LogP contribution in [0.2, 0.25) is 0 Å². The fraction of sp³-hybridized carbons (Fsp3) is 0.692.